The molecule has 2 aromatic rings. The lowest BCUT2D eigenvalue weighted by molar-refractivity contribution is 0.0689. The average molecular weight is 372 g/mol. The molecule has 26 heavy (non-hydrogen) atoms. The Kier molecular flexibility index (Phi) is 5.13. The fraction of sp³-hybridized carbons (Fsp3) is 0.450. The van der Waals surface area contributed by atoms with Crippen molar-refractivity contribution in [1.82, 2.24) is 10.2 Å². The lowest BCUT2D eigenvalue weighted by atomic mass is 9.90. The minimum atomic E-state index is -0.408. The molecule has 4 rings (SSSR count). The van der Waals surface area contributed by atoms with E-state index in [1.165, 1.54) is 5.56 Å². The highest BCUT2D eigenvalue weighted by atomic mass is 32.1. The third kappa shape index (κ3) is 3.71. The zero-order chi connectivity index (χ0) is 17.9. The predicted octanol–water partition coefficient (Wildman–Crippen LogP) is 3.34. The van der Waals surface area contributed by atoms with Gasteiger partial charge >= 0.3 is 6.03 Å². The summed E-state index contributed by atoms with van der Waals surface area (Å²) < 4.78 is 5.51. The van der Waals surface area contributed by atoms with Crippen LogP contribution in [0, 0.1) is 5.92 Å². The molecule has 2 aliphatic heterocycles. The molecule has 1 saturated heterocycles. The van der Waals surface area contributed by atoms with Crippen LogP contribution < -0.4 is 10.1 Å². The van der Waals surface area contributed by atoms with Crippen LogP contribution in [0.4, 0.5) is 4.79 Å². The zero-order valence-corrected chi connectivity index (χ0v) is 15.5. The van der Waals surface area contributed by atoms with Crippen molar-refractivity contribution in [3.8, 4) is 5.75 Å². The number of carbonyl (C=O) groups is 1. The highest BCUT2D eigenvalue weighted by Crippen LogP contribution is 2.33. The monoisotopic (exact) mass is 372 g/mol. The summed E-state index contributed by atoms with van der Waals surface area (Å²) in [5.74, 6) is 1.20. The van der Waals surface area contributed by atoms with Crippen molar-refractivity contribution >= 4 is 17.4 Å². The smallest absolute Gasteiger partial charge is 0.317 e. The summed E-state index contributed by atoms with van der Waals surface area (Å²) in [6.07, 6.45) is 2.21. The Balaban J connectivity index is 1.26. The van der Waals surface area contributed by atoms with Crippen molar-refractivity contribution in [2.45, 2.75) is 31.9 Å². The van der Waals surface area contributed by atoms with Gasteiger partial charge in [0.2, 0.25) is 0 Å². The van der Waals surface area contributed by atoms with Crippen LogP contribution in [-0.4, -0.2) is 35.7 Å². The van der Waals surface area contributed by atoms with Gasteiger partial charge in [-0.15, -0.1) is 11.3 Å². The Morgan fingerprint density at radius 2 is 2.19 bits per heavy atom. The normalized spacial score (nSPS) is 18.3. The predicted molar refractivity (Wildman–Crippen MR) is 101 cm³/mol. The minimum Gasteiger partial charge on any atom is -0.493 e. The standard InChI is InChI=1S/C20H24N2O3S/c23-19(18-2-1-11-26-18)15-5-8-22(9-6-15)20(24)21-13-14-3-4-17-16(12-14)7-10-25-17/h1-4,11-12,15,19,23H,5-10,13H2,(H,21,24)/t19-/m1/s1. The Hall–Kier alpha value is -2.05. The Morgan fingerprint density at radius 3 is 2.96 bits per heavy atom. The molecular formula is C20H24N2O3S. The third-order valence-corrected chi connectivity index (χ3v) is 6.25. The van der Waals surface area contributed by atoms with Crippen LogP contribution in [0.15, 0.2) is 35.7 Å². The van der Waals surface area contributed by atoms with E-state index in [0.717, 1.165) is 42.1 Å². The Morgan fingerprint density at radius 1 is 1.35 bits per heavy atom. The van der Waals surface area contributed by atoms with Crippen LogP contribution in [0.25, 0.3) is 0 Å². The van der Waals surface area contributed by atoms with Gasteiger partial charge in [-0.3, -0.25) is 0 Å². The number of nitrogens with zero attached hydrogens (tertiary/aromatic N) is 1. The van der Waals surface area contributed by atoms with Crippen LogP contribution in [0.2, 0.25) is 0 Å². The van der Waals surface area contributed by atoms with E-state index < -0.39 is 6.10 Å². The summed E-state index contributed by atoms with van der Waals surface area (Å²) >= 11 is 1.59. The molecule has 0 unspecified atom stereocenters. The second-order valence-corrected chi connectivity index (χ2v) is 7.96. The average Bonchev–Trinajstić information content (AvgIpc) is 3.37. The first-order valence-corrected chi connectivity index (χ1v) is 10.1. The number of urea groups is 1. The lowest BCUT2D eigenvalue weighted by Crippen LogP contribution is -2.44. The van der Waals surface area contributed by atoms with Gasteiger partial charge in [-0.05, 0) is 47.4 Å². The highest BCUT2D eigenvalue weighted by Gasteiger charge is 2.28. The van der Waals surface area contributed by atoms with Gasteiger partial charge in [-0.1, -0.05) is 18.2 Å². The molecule has 1 aromatic carbocycles. The number of hydrogen-bond donors (Lipinski definition) is 2. The van der Waals surface area contributed by atoms with Crippen LogP contribution in [0.5, 0.6) is 5.75 Å². The van der Waals surface area contributed by atoms with Crippen LogP contribution >= 0.6 is 11.3 Å². The molecule has 6 heteroatoms. The zero-order valence-electron chi connectivity index (χ0n) is 14.7. The van der Waals surface area contributed by atoms with Gasteiger partial charge in [0.05, 0.1) is 12.7 Å². The van der Waals surface area contributed by atoms with Crippen molar-refractivity contribution in [3.63, 3.8) is 0 Å². The maximum absolute atomic E-state index is 12.4. The van der Waals surface area contributed by atoms with E-state index in [9.17, 15) is 9.90 Å². The van der Waals surface area contributed by atoms with Gasteiger partial charge in [0.15, 0.2) is 0 Å². The molecule has 3 heterocycles. The van der Waals surface area contributed by atoms with Gasteiger partial charge in [0.25, 0.3) is 0 Å². The first-order chi connectivity index (χ1) is 12.7. The number of ether oxygens (including phenoxy) is 1. The van der Waals surface area contributed by atoms with Crippen molar-refractivity contribution < 1.29 is 14.6 Å². The van der Waals surface area contributed by atoms with E-state index in [-0.39, 0.29) is 11.9 Å². The van der Waals surface area contributed by atoms with Gasteiger partial charge in [-0.25, -0.2) is 4.79 Å². The molecule has 0 aliphatic carbocycles. The van der Waals surface area contributed by atoms with E-state index >= 15 is 0 Å². The van der Waals surface area contributed by atoms with E-state index in [2.05, 4.69) is 11.4 Å². The molecule has 138 valence electrons. The van der Waals surface area contributed by atoms with Crippen molar-refractivity contribution in [2.24, 2.45) is 5.92 Å². The summed E-state index contributed by atoms with van der Waals surface area (Å²) in [5.41, 5.74) is 2.32. The number of aliphatic hydroxyl groups excluding tert-OH is 1. The number of benzene rings is 1. The Labute approximate surface area is 157 Å². The number of amides is 2. The van der Waals surface area contributed by atoms with E-state index in [1.807, 2.05) is 34.5 Å². The van der Waals surface area contributed by atoms with Crippen LogP contribution in [0.3, 0.4) is 0 Å². The summed E-state index contributed by atoms with van der Waals surface area (Å²) in [4.78, 5) is 15.3. The molecule has 0 bridgehead atoms. The second-order valence-electron chi connectivity index (χ2n) is 6.98. The summed E-state index contributed by atoms with van der Waals surface area (Å²) in [5, 5.41) is 15.5. The summed E-state index contributed by atoms with van der Waals surface area (Å²) in [6, 6.07) is 10.0. The van der Waals surface area contributed by atoms with Gasteiger partial charge in [0, 0.05) is 30.9 Å². The molecule has 0 radical (unpaired) electrons. The largest absolute Gasteiger partial charge is 0.493 e. The number of likely N-dealkylation sites (tertiary alicyclic amines) is 1. The quantitative estimate of drug-likeness (QED) is 0.865. The lowest BCUT2D eigenvalue weighted by Gasteiger charge is -2.34. The van der Waals surface area contributed by atoms with Gasteiger partial charge in [0.1, 0.15) is 5.75 Å². The molecule has 2 amide bonds. The van der Waals surface area contributed by atoms with Gasteiger partial charge < -0.3 is 20.1 Å². The van der Waals surface area contributed by atoms with Crippen LogP contribution in [0.1, 0.15) is 34.9 Å². The summed E-state index contributed by atoms with van der Waals surface area (Å²) in [7, 11) is 0. The fourth-order valence-electron chi connectivity index (χ4n) is 3.75. The fourth-order valence-corrected chi connectivity index (χ4v) is 4.55. The first kappa shape index (κ1) is 17.4. The first-order valence-electron chi connectivity index (χ1n) is 9.19. The van der Waals surface area contributed by atoms with E-state index in [0.29, 0.717) is 19.6 Å². The maximum Gasteiger partial charge on any atom is 0.317 e. The molecule has 1 aromatic heterocycles. The number of carbonyl (C=O) groups excluding carboxylic acids is 1. The van der Waals surface area contributed by atoms with E-state index in [4.69, 9.17) is 4.74 Å². The topological polar surface area (TPSA) is 61.8 Å². The van der Waals surface area contributed by atoms with Crippen molar-refractivity contribution in [1.29, 1.82) is 0 Å². The Bertz CT molecular complexity index is 754. The van der Waals surface area contributed by atoms with Crippen molar-refractivity contribution in [2.75, 3.05) is 19.7 Å². The summed E-state index contributed by atoms with van der Waals surface area (Å²) in [6.45, 7) is 2.66. The molecule has 1 fully saturated rings. The molecule has 0 spiro atoms. The number of aliphatic hydroxyl groups is 1. The van der Waals surface area contributed by atoms with Gasteiger partial charge in [-0.2, -0.15) is 0 Å². The molecular weight excluding hydrogens is 348 g/mol. The number of hydrogen-bond acceptors (Lipinski definition) is 4. The molecule has 1 atom stereocenters. The van der Waals surface area contributed by atoms with Crippen molar-refractivity contribution in [3.05, 3.63) is 51.7 Å². The van der Waals surface area contributed by atoms with Crippen LogP contribution in [-0.2, 0) is 13.0 Å². The molecule has 0 saturated carbocycles. The number of rotatable bonds is 4. The minimum absolute atomic E-state index is 0.0224. The maximum atomic E-state index is 12.4. The molecule has 5 nitrogen and oxygen atoms in total. The second kappa shape index (κ2) is 7.68. The third-order valence-electron chi connectivity index (χ3n) is 5.31. The SMILES string of the molecule is O=C(NCc1ccc2c(c1)CCO2)N1CCC([C@@H](O)c2cccs2)CC1. The van der Waals surface area contributed by atoms with E-state index in [1.54, 1.807) is 11.3 Å². The number of nitrogens with one attached hydrogen (secondary N) is 1. The number of piperidine rings is 1. The number of thiophene rings is 1. The number of fused-ring (bicyclic) bond motifs is 1. The highest BCUT2D eigenvalue weighted by molar-refractivity contribution is 7.10. The molecule has 2 aliphatic rings. The molecule has 2 N–H and O–H groups in total.